The van der Waals surface area contributed by atoms with Crippen LogP contribution >= 0.6 is 0 Å². The first kappa shape index (κ1) is 15.1. The first-order chi connectivity index (χ1) is 11.2. The van der Waals surface area contributed by atoms with Gasteiger partial charge in [0.25, 0.3) is 0 Å². The molecule has 0 radical (unpaired) electrons. The van der Waals surface area contributed by atoms with E-state index in [1.54, 1.807) is 4.90 Å². The lowest BCUT2D eigenvalue weighted by atomic mass is 9.94. The fourth-order valence-corrected chi connectivity index (χ4v) is 2.63. The highest BCUT2D eigenvalue weighted by atomic mass is 16.5. The molecule has 23 heavy (non-hydrogen) atoms. The van der Waals surface area contributed by atoms with Crippen LogP contribution in [0.4, 0.5) is 10.6 Å². The summed E-state index contributed by atoms with van der Waals surface area (Å²) in [5.41, 5.74) is 6.99. The lowest BCUT2D eigenvalue weighted by Gasteiger charge is -2.29. The molecular formula is C15H18N6O2. The number of amides is 1. The average Bonchev–Trinajstić information content (AvgIpc) is 3.04. The highest BCUT2D eigenvalue weighted by molar-refractivity contribution is 5.81. The predicted octanol–water partition coefficient (Wildman–Crippen LogP) is 1.16. The molecule has 0 saturated carbocycles. The molecular weight excluding hydrogens is 296 g/mol. The summed E-state index contributed by atoms with van der Waals surface area (Å²) in [7, 11) is 1.40. The van der Waals surface area contributed by atoms with E-state index in [0.29, 0.717) is 41.8 Å². The molecule has 0 unspecified atom stereocenters. The largest absolute Gasteiger partial charge is 0.453 e. The number of aromatic amines is 1. The number of carbonyl (C=O) groups excluding carboxylic acids is 1. The monoisotopic (exact) mass is 314 g/mol. The number of methoxy groups -OCH3 is 1. The summed E-state index contributed by atoms with van der Waals surface area (Å²) < 4.78 is 4.73. The lowest BCUT2D eigenvalue weighted by Crippen LogP contribution is -2.38. The summed E-state index contributed by atoms with van der Waals surface area (Å²) in [4.78, 5) is 28.5. The zero-order chi connectivity index (χ0) is 16.2. The van der Waals surface area contributed by atoms with Crippen molar-refractivity contribution in [1.82, 2.24) is 24.8 Å². The molecule has 2 aromatic heterocycles. The van der Waals surface area contributed by atoms with Crippen LogP contribution < -0.4 is 5.73 Å². The number of nitrogen functional groups attached to an aromatic ring is 1. The highest BCUT2D eigenvalue weighted by Gasteiger charge is 2.22. The van der Waals surface area contributed by atoms with Gasteiger partial charge in [-0.15, -0.1) is 0 Å². The Kier molecular flexibility index (Phi) is 4.28. The number of hydrogen-bond acceptors (Lipinski definition) is 6. The molecule has 1 amide bonds. The van der Waals surface area contributed by atoms with Gasteiger partial charge in [0.1, 0.15) is 5.52 Å². The Morgan fingerprint density at radius 3 is 3.00 bits per heavy atom. The Morgan fingerprint density at radius 2 is 2.26 bits per heavy atom. The number of nitrogens with one attached hydrogen (secondary N) is 1. The van der Waals surface area contributed by atoms with Crippen LogP contribution in [-0.4, -0.2) is 51.1 Å². The maximum absolute atomic E-state index is 11.4. The van der Waals surface area contributed by atoms with Gasteiger partial charge in [-0.25, -0.2) is 14.8 Å². The number of ether oxygens (including phenoxy) is 1. The number of nitrogens with zero attached hydrogens (tertiary/aromatic N) is 4. The molecule has 2 aromatic rings. The number of aromatic nitrogens is 4. The van der Waals surface area contributed by atoms with E-state index in [-0.39, 0.29) is 6.09 Å². The maximum atomic E-state index is 11.4. The Morgan fingerprint density at radius 1 is 1.48 bits per heavy atom. The Balaban J connectivity index is 1.59. The van der Waals surface area contributed by atoms with E-state index >= 15 is 0 Å². The van der Waals surface area contributed by atoms with E-state index in [1.165, 1.54) is 13.4 Å². The minimum atomic E-state index is -0.259. The van der Waals surface area contributed by atoms with Crippen LogP contribution in [0.3, 0.4) is 0 Å². The number of H-pyrrole nitrogens is 1. The molecule has 3 N–H and O–H groups in total. The minimum Gasteiger partial charge on any atom is -0.453 e. The molecule has 0 aromatic carbocycles. The molecule has 0 aliphatic carbocycles. The molecule has 1 saturated heterocycles. The van der Waals surface area contributed by atoms with E-state index in [1.807, 2.05) is 0 Å². The highest BCUT2D eigenvalue weighted by Crippen LogP contribution is 2.20. The van der Waals surface area contributed by atoms with E-state index in [4.69, 9.17) is 10.5 Å². The van der Waals surface area contributed by atoms with E-state index in [2.05, 4.69) is 31.8 Å². The minimum absolute atomic E-state index is 0.259. The summed E-state index contributed by atoms with van der Waals surface area (Å²) in [6.45, 7) is 1.42. The van der Waals surface area contributed by atoms with Crippen LogP contribution in [0.15, 0.2) is 6.33 Å². The molecule has 3 rings (SSSR count). The van der Waals surface area contributed by atoms with E-state index in [0.717, 1.165) is 19.3 Å². The summed E-state index contributed by atoms with van der Waals surface area (Å²) >= 11 is 0. The van der Waals surface area contributed by atoms with Gasteiger partial charge in [-0.3, -0.25) is 0 Å². The number of nitrogens with two attached hydrogens (primary N) is 1. The third-order valence-corrected chi connectivity index (χ3v) is 3.95. The molecule has 1 fully saturated rings. The van der Waals surface area contributed by atoms with Crippen LogP contribution in [0.5, 0.6) is 0 Å². The van der Waals surface area contributed by atoms with Gasteiger partial charge in [-0.2, -0.15) is 4.98 Å². The molecule has 8 heteroatoms. The van der Waals surface area contributed by atoms with Crippen molar-refractivity contribution in [2.24, 2.45) is 5.92 Å². The third-order valence-electron chi connectivity index (χ3n) is 3.95. The van der Waals surface area contributed by atoms with Crippen LogP contribution in [-0.2, 0) is 4.74 Å². The number of hydrogen-bond donors (Lipinski definition) is 2. The third kappa shape index (κ3) is 3.34. The number of fused-ring (bicyclic) bond motifs is 1. The number of likely N-dealkylation sites (tertiary alicyclic amines) is 1. The second-order valence-electron chi connectivity index (χ2n) is 5.44. The topological polar surface area (TPSA) is 110 Å². The smallest absolute Gasteiger partial charge is 0.409 e. The van der Waals surface area contributed by atoms with Gasteiger partial charge in [-0.05, 0) is 24.7 Å². The second-order valence-corrected chi connectivity index (χ2v) is 5.44. The Hall–Kier alpha value is -2.82. The molecule has 0 bridgehead atoms. The number of anilines is 1. The van der Waals surface area contributed by atoms with Gasteiger partial charge in [0.15, 0.2) is 11.5 Å². The van der Waals surface area contributed by atoms with Gasteiger partial charge in [0.2, 0.25) is 5.82 Å². The van der Waals surface area contributed by atoms with Gasteiger partial charge in [-0.1, -0.05) is 5.92 Å². The maximum Gasteiger partial charge on any atom is 0.409 e. The van der Waals surface area contributed by atoms with Crippen molar-refractivity contribution >= 4 is 23.1 Å². The summed E-state index contributed by atoms with van der Waals surface area (Å²) in [6.07, 6.45) is 3.86. The van der Waals surface area contributed by atoms with Gasteiger partial charge in [0.05, 0.1) is 13.4 Å². The fourth-order valence-electron chi connectivity index (χ4n) is 2.63. The van der Waals surface area contributed by atoms with Crippen molar-refractivity contribution in [3.63, 3.8) is 0 Å². The molecule has 0 spiro atoms. The lowest BCUT2D eigenvalue weighted by molar-refractivity contribution is 0.106. The number of piperidine rings is 1. The van der Waals surface area contributed by atoms with Crippen molar-refractivity contribution < 1.29 is 9.53 Å². The van der Waals surface area contributed by atoms with Crippen LogP contribution in [0.1, 0.15) is 25.1 Å². The molecule has 3 heterocycles. The zero-order valence-corrected chi connectivity index (χ0v) is 12.9. The van der Waals surface area contributed by atoms with Gasteiger partial charge >= 0.3 is 6.09 Å². The zero-order valence-electron chi connectivity index (χ0n) is 12.9. The predicted molar refractivity (Wildman–Crippen MR) is 84.3 cm³/mol. The van der Waals surface area contributed by atoms with Gasteiger partial charge in [0, 0.05) is 19.5 Å². The van der Waals surface area contributed by atoms with Crippen molar-refractivity contribution in [1.29, 1.82) is 0 Å². The van der Waals surface area contributed by atoms with E-state index in [9.17, 15) is 4.79 Å². The SMILES string of the molecule is COC(=O)N1CCC(CC#Cc2nc(N)c3[nH]cnc3n2)CC1. The summed E-state index contributed by atoms with van der Waals surface area (Å²) in [5, 5.41) is 0. The Labute approximate surface area is 133 Å². The molecule has 0 atom stereocenters. The van der Waals surface area contributed by atoms with Gasteiger partial charge < -0.3 is 20.4 Å². The number of imidazole rings is 1. The second kappa shape index (κ2) is 6.52. The number of rotatable bonds is 1. The van der Waals surface area contributed by atoms with E-state index < -0.39 is 0 Å². The van der Waals surface area contributed by atoms with Crippen molar-refractivity contribution in [2.45, 2.75) is 19.3 Å². The summed E-state index contributed by atoms with van der Waals surface area (Å²) in [6, 6.07) is 0. The Bertz CT molecular complexity index is 767. The van der Waals surface area contributed by atoms with Crippen molar-refractivity contribution in [2.75, 3.05) is 25.9 Å². The molecule has 120 valence electrons. The molecule has 1 aliphatic rings. The first-order valence-corrected chi connectivity index (χ1v) is 7.45. The summed E-state index contributed by atoms with van der Waals surface area (Å²) in [5.74, 6) is 7.26. The fraction of sp³-hybridized carbons (Fsp3) is 0.467. The van der Waals surface area contributed by atoms with Crippen LogP contribution in [0.25, 0.3) is 11.2 Å². The average molecular weight is 314 g/mol. The molecule has 1 aliphatic heterocycles. The first-order valence-electron chi connectivity index (χ1n) is 7.45. The standard InChI is InChI=1S/C15H18N6O2/c1-23-15(22)21-7-5-10(6-8-21)3-2-4-11-19-13(16)12-14(20-11)18-9-17-12/h9-10H,3,5-8H2,1H3,(H3,16,17,18,19,20). The molecule has 8 nitrogen and oxygen atoms in total. The van der Waals surface area contributed by atoms with Crippen molar-refractivity contribution in [3.05, 3.63) is 12.2 Å². The normalized spacial score (nSPS) is 15.3. The van der Waals surface area contributed by atoms with Crippen LogP contribution in [0, 0.1) is 17.8 Å². The van der Waals surface area contributed by atoms with Crippen molar-refractivity contribution in [3.8, 4) is 11.8 Å². The quantitative estimate of drug-likeness (QED) is 0.764. The number of carbonyl (C=O) groups is 1. The van der Waals surface area contributed by atoms with Crippen LogP contribution in [0.2, 0.25) is 0 Å².